The number of benzene rings is 1. The van der Waals surface area contributed by atoms with Gasteiger partial charge in [0.25, 0.3) is 0 Å². The number of aliphatic hydroxyl groups is 1. The molecule has 0 fully saturated rings. The summed E-state index contributed by atoms with van der Waals surface area (Å²) in [6.07, 6.45) is 6.53. The zero-order valence-electron chi connectivity index (χ0n) is 10.9. The van der Waals surface area contributed by atoms with E-state index in [0.717, 1.165) is 25.7 Å². The molecule has 0 radical (unpaired) electrons. The number of ether oxygens (including phenoxy) is 1. The van der Waals surface area contributed by atoms with Crippen LogP contribution in [-0.4, -0.2) is 18.3 Å². The summed E-state index contributed by atoms with van der Waals surface area (Å²) in [5.41, 5.74) is 0.625. The van der Waals surface area contributed by atoms with Crippen LogP contribution in [-0.2, 0) is 11.3 Å². The summed E-state index contributed by atoms with van der Waals surface area (Å²) < 4.78 is 18.7. The van der Waals surface area contributed by atoms with Crippen LogP contribution in [0, 0.1) is 5.82 Å². The number of hydrogen-bond donors (Lipinski definition) is 1. The monoisotopic (exact) mass is 254 g/mol. The molecule has 1 N–H and O–H groups in total. The van der Waals surface area contributed by atoms with Gasteiger partial charge in [0.1, 0.15) is 5.82 Å². The molecular formula is C15H23FO2. The molecule has 0 bridgehead atoms. The quantitative estimate of drug-likeness (QED) is 0.645. The molecule has 3 heteroatoms. The lowest BCUT2D eigenvalue weighted by Gasteiger charge is -2.05. The Balaban J connectivity index is 1.94. The second kappa shape index (κ2) is 10.0. The van der Waals surface area contributed by atoms with Crippen molar-refractivity contribution in [1.29, 1.82) is 0 Å². The summed E-state index contributed by atoms with van der Waals surface area (Å²) in [7, 11) is 0. The van der Waals surface area contributed by atoms with E-state index in [4.69, 9.17) is 9.84 Å². The van der Waals surface area contributed by atoms with Crippen molar-refractivity contribution < 1.29 is 14.2 Å². The number of hydrogen-bond acceptors (Lipinski definition) is 2. The molecule has 0 amide bonds. The summed E-state index contributed by atoms with van der Waals surface area (Å²) in [6, 6.07) is 6.72. The van der Waals surface area contributed by atoms with Gasteiger partial charge in [0.15, 0.2) is 0 Å². The van der Waals surface area contributed by atoms with Gasteiger partial charge in [-0.05, 0) is 18.9 Å². The van der Waals surface area contributed by atoms with Gasteiger partial charge in [0, 0.05) is 18.8 Å². The Labute approximate surface area is 109 Å². The first-order chi connectivity index (χ1) is 8.84. The minimum Gasteiger partial charge on any atom is -0.396 e. The van der Waals surface area contributed by atoms with Crippen molar-refractivity contribution in [1.82, 2.24) is 0 Å². The van der Waals surface area contributed by atoms with Crippen LogP contribution < -0.4 is 0 Å². The second-order valence-electron chi connectivity index (χ2n) is 4.49. The fourth-order valence-corrected chi connectivity index (χ4v) is 1.82. The Kier molecular flexibility index (Phi) is 8.43. The van der Waals surface area contributed by atoms with E-state index >= 15 is 0 Å². The fourth-order valence-electron chi connectivity index (χ4n) is 1.82. The lowest BCUT2D eigenvalue weighted by Crippen LogP contribution is -1.97. The molecule has 1 rings (SSSR count). The van der Waals surface area contributed by atoms with Gasteiger partial charge in [-0.25, -0.2) is 4.39 Å². The van der Waals surface area contributed by atoms with Crippen molar-refractivity contribution in [3.63, 3.8) is 0 Å². The van der Waals surface area contributed by atoms with E-state index in [1.165, 1.54) is 18.9 Å². The molecule has 18 heavy (non-hydrogen) atoms. The molecule has 0 saturated heterocycles. The van der Waals surface area contributed by atoms with Crippen molar-refractivity contribution >= 4 is 0 Å². The summed E-state index contributed by atoms with van der Waals surface area (Å²) in [5, 5.41) is 8.62. The Hall–Kier alpha value is -0.930. The minimum absolute atomic E-state index is 0.193. The van der Waals surface area contributed by atoms with Crippen LogP contribution >= 0.6 is 0 Å². The number of unbranched alkanes of at least 4 members (excludes halogenated alkanes) is 5. The molecule has 0 unspecified atom stereocenters. The maximum Gasteiger partial charge on any atom is 0.128 e. The first kappa shape index (κ1) is 15.1. The Bertz CT molecular complexity index is 315. The second-order valence-corrected chi connectivity index (χ2v) is 4.49. The van der Waals surface area contributed by atoms with Gasteiger partial charge in [-0.15, -0.1) is 0 Å². The summed E-state index contributed by atoms with van der Waals surface area (Å²) >= 11 is 0. The van der Waals surface area contributed by atoms with E-state index in [1.54, 1.807) is 12.1 Å². The van der Waals surface area contributed by atoms with Crippen molar-refractivity contribution in [3.8, 4) is 0 Å². The van der Waals surface area contributed by atoms with E-state index in [0.29, 0.717) is 25.4 Å². The largest absolute Gasteiger partial charge is 0.396 e. The van der Waals surface area contributed by atoms with Gasteiger partial charge in [0.2, 0.25) is 0 Å². The molecule has 0 atom stereocenters. The molecule has 0 aromatic heterocycles. The van der Waals surface area contributed by atoms with Crippen LogP contribution in [0.25, 0.3) is 0 Å². The molecular weight excluding hydrogens is 231 g/mol. The first-order valence-electron chi connectivity index (χ1n) is 6.76. The van der Waals surface area contributed by atoms with Crippen LogP contribution in [0.1, 0.15) is 44.1 Å². The van der Waals surface area contributed by atoms with Gasteiger partial charge >= 0.3 is 0 Å². The highest BCUT2D eigenvalue weighted by Crippen LogP contribution is 2.09. The standard InChI is InChI=1S/C15H23FO2/c16-15-10-6-5-9-14(15)13-18-12-8-4-2-1-3-7-11-17/h5-6,9-10,17H,1-4,7-8,11-13H2. The van der Waals surface area contributed by atoms with Crippen molar-refractivity contribution in [3.05, 3.63) is 35.6 Å². The summed E-state index contributed by atoms with van der Waals surface area (Å²) in [4.78, 5) is 0. The van der Waals surface area contributed by atoms with Crippen molar-refractivity contribution in [2.24, 2.45) is 0 Å². The van der Waals surface area contributed by atoms with Crippen LogP contribution in [0.4, 0.5) is 4.39 Å². The smallest absolute Gasteiger partial charge is 0.128 e. The SMILES string of the molecule is OCCCCCCCCOCc1ccccc1F. The number of halogens is 1. The maximum atomic E-state index is 13.2. The fraction of sp³-hybridized carbons (Fsp3) is 0.600. The van der Waals surface area contributed by atoms with Crippen molar-refractivity contribution in [2.45, 2.75) is 45.1 Å². The normalized spacial score (nSPS) is 10.8. The zero-order valence-corrected chi connectivity index (χ0v) is 10.9. The molecule has 0 aliphatic carbocycles. The van der Waals surface area contributed by atoms with E-state index in [2.05, 4.69) is 0 Å². The lowest BCUT2D eigenvalue weighted by atomic mass is 10.1. The minimum atomic E-state index is -0.193. The molecule has 1 aromatic carbocycles. The maximum absolute atomic E-state index is 13.2. The van der Waals surface area contributed by atoms with E-state index in [-0.39, 0.29) is 5.82 Å². The average Bonchev–Trinajstić information content (AvgIpc) is 2.39. The summed E-state index contributed by atoms with van der Waals surface area (Å²) in [5.74, 6) is -0.193. The average molecular weight is 254 g/mol. The Morgan fingerprint density at radius 3 is 2.33 bits per heavy atom. The molecule has 0 spiro atoms. The molecule has 0 aliphatic rings. The van der Waals surface area contributed by atoms with Gasteiger partial charge < -0.3 is 9.84 Å². The molecule has 2 nitrogen and oxygen atoms in total. The van der Waals surface area contributed by atoms with Crippen LogP contribution in [0.2, 0.25) is 0 Å². The van der Waals surface area contributed by atoms with Crippen LogP contribution in [0.15, 0.2) is 24.3 Å². The predicted molar refractivity (Wildman–Crippen MR) is 70.8 cm³/mol. The molecule has 0 heterocycles. The Morgan fingerprint density at radius 1 is 0.944 bits per heavy atom. The molecule has 0 saturated carbocycles. The van der Waals surface area contributed by atoms with Gasteiger partial charge in [-0.1, -0.05) is 43.9 Å². The predicted octanol–water partition coefficient (Wildman–Crippen LogP) is 3.68. The number of aliphatic hydroxyl groups excluding tert-OH is 1. The lowest BCUT2D eigenvalue weighted by molar-refractivity contribution is 0.114. The highest BCUT2D eigenvalue weighted by atomic mass is 19.1. The Morgan fingerprint density at radius 2 is 1.61 bits per heavy atom. The van der Waals surface area contributed by atoms with E-state index in [1.807, 2.05) is 6.07 Å². The van der Waals surface area contributed by atoms with Gasteiger partial charge in [-0.3, -0.25) is 0 Å². The van der Waals surface area contributed by atoms with Gasteiger partial charge in [-0.2, -0.15) is 0 Å². The van der Waals surface area contributed by atoms with Crippen LogP contribution in [0.5, 0.6) is 0 Å². The van der Waals surface area contributed by atoms with E-state index < -0.39 is 0 Å². The van der Waals surface area contributed by atoms with Crippen LogP contribution in [0.3, 0.4) is 0 Å². The van der Waals surface area contributed by atoms with Gasteiger partial charge in [0.05, 0.1) is 6.61 Å². The summed E-state index contributed by atoms with van der Waals surface area (Å²) in [6.45, 7) is 1.34. The highest BCUT2D eigenvalue weighted by Gasteiger charge is 1.99. The number of rotatable bonds is 10. The first-order valence-corrected chi connectivity index (χ1v) is 6.76. The van der Waals surface area contributed by atoms with Crippen molar-refractivity contribution in [2.75, 3.05) is 13.2 Å². The molecule has 1 aromatic rings. The third kappa shape index (κ3) is 6.72. The highest BCUT2D eigenvalue weighted by molar-refractivity contribution is 5.16. The molecule has 102 valence electrons. The topological polar surface area (TPSA) is 29.5 Å². The van der Waals surface area contributed by atoms with E-state index in [9.17, 15) is 4.39 Å². The molecule has 0 aliphatic heterocycles. The third-order valence-electron chi connectivity index (χ3n) is 2.91. The zero-order chi connectivity index (χ0) is 13.1. The third-order valence-corrected chi connectivity index (χ3v) is 2.91.